The third-order valence-electron chi connectivity index (χ3n) is 0. The molecule has 0 fully saturated rings. The molecule has 0 N–H and O–H groups in total. The molecule has 0 aliphatic carbocycles. The van der Waals surface area contributed by atoms with Crippen LogP contribution in [0.4, 0.5) is 0 Å². The van der Waals surface area contributed by atoms with Crippen LogP contribution in [0, 0.1) is 0 Å². The van der Waals surface area contributed by atoms with Crippen molar-refractivity contribution in [1.29, 1.82) is 0 Å². The summed E-state index contributed by atoms with van der Waals surface area (Å²) in [5, 5.41) is 0. The molecule has 0 saturated heterocycles. The molecule has 0 saturated carbocycles. The van der Waals surface area contributed by atoms with Crippen molar-refractivity contribution in [3.8, 4) is 0 Å². The maximum atomic E-state index is 0. The van der Waals surface area contributed by atoms with Crippen molar-refractivity contribution in [3.05, 3.63) is 0 Å². The van der Waals surface area contributed by atoms with Crippen molar-refractivity contribution >= 4 is 0 Å². The molecule has 0 spiro atoms. The van der Waals surface area contributed by atoms with Gasteiger partial charge in [-0.3, -0.25) is 0 Å². The average molecular weight is 100 g/mol. The molecule has 0 aliphatic rings. The predicted octanol–water partition coefficient (Wildman–Crippen LogP) is -11.1. The molecule has 0 heterocycles. The molecule has 0 nitrogen and oxygen atoms in total. The molecular formula is H8Na4+4. The van der Waals surface area contributed by atoms with Crippen LogP contribution < -0.4 is 118 Å². The minimum atomic E-state index is 0. The standard InChI is InChI=1S/4Na.4H/q4*+1;4*-1/p+4. The second-order valence-corrected chi connectivity index (χ2v) is 0. The Morgan fingerprint density at radius 2 is 0.750 bits per heavy atom. The van der Waals surface area contributed by atoms with Crippen LogP contribution in [-0.2, 0) is 0 Å². The normalized spacial score (nSPS) is 0. The van der Waals surface area contributed by atoms with E-state index in [-0.39, 0.29) is 130 Å². The van der Waals surface area contributed by atoms with Crippen LogP contribution in [0.15, 0.2) is 0 Å². The zero-order valence-electron chi connectivity index (χ0n) is 12.0. The summed E-state index contributed by atoms with van der Waals surface area (Å²) in [6, 6.07) is 0. The van der Waals surface area contributed by atoms with Gasteiger partial charge in [0.2, 0.25) is 0 Å². The van der Waals surface area contributed by atoms with Crippen LogP contribution in [0.5, 0.6) is 0 Å². The van der Waals surface area contributed by atoms with Crippen LogP contribution in [0.2, 0.25) is 0 Å². The van der Waals surface area contributed by atoms with Gasteiger partial charge in [-0.25, -0.2) is 0 Å². The first kappa shape index (κ1) is 24.5. The Labute approximate surface area is 127 Å². The summed E-state index contributed by atoms with van der Waals surface area (Å²) in [6.45, 7) is 0. The molecule has 0 amide bonds. The monoisotopic (exact) mass is 100 g/mol. The molecule has 0 atom stereocenters. The van der Waals surface area contributed by atoms with E-state index < -0.39 is 0 Å². The van der Waals surface area contributed by atoms with E-state index in [2.05, 4.69) is 0 Å². The Bertz CT molecular complexity index is 11.0. The summed E-state index contributed by atoms with van der Waals surface area (Å²) in [5.41, 5.74) is 0. The van der Waals surface area contributed by atoms with Gasteiger partial charge in [0.25, 0.3) is 0 Å². The molecule has 0 aliphatic heterocycles. The average Bonchev–Trinajstić information content (AvgIpc) is 0. The second-order valence-electron chi connectivity index (χ2n) is 0. The molecule has 0 unspecified atom stereocenters. The zero-order valence-corrected chi connectivity index (χ0v) is 12.0. The van der Waals surface area contributed by atoms with E-state index in [1.54, 1.807) is 0 Å². The molecular weight excluding hydrogens is 92.0 g/mol. The van der Waals surface area contributed by atoms with Crippen LogP contribution in [0.3, 0.4) is 0 Å². The Hall–Kier alpha value is 4.00. The summed E-state index contributed by atoms with van der Waals surface area (Å²) < 4.78 is 0. The Balaban J connectivity index is 0. The zero-order chi connectivity index (χ0) is 0. The van der Waals surface area contributed by atoms with E-state index in [1.807, 2.05) is 0 Å². The molecule has 0 aromatic carbocycles. The Morgan fingerprint density at radius 3 is 0.750 bits per heavy atom. The quantitative estimate of drug-likeness (QED) is 0.265. The fraction of sp³-hybridized carbons (Fsp3) is 0. The first-order valence-electron chi connectivity index (χ1n) is 0. The predicted molar refractivity (Wildman–Crippen MR) is 8.90 cm³/mol. The molecule has 0 aromatic rings. The van der Waals surface area contributed by atoms with Crippen LogP contribution in [0.25, 0.3) is 0 Å². The van der Waals surface area contributed by atoms with Gasteiger partial charge in [-0.1, -0.05) is 0 Å². The van der Waals surface area contributed by atoms with E-state index in [4.69, 9.17) is 0 Å². The molecule has 0 bridgehead atoms. The summed E-state index contributed by atoms with van der Waals surface area (Å²) in [6.07, 6.45) is 0. The smallest absolute Gasteiger partial charge is 1.00 e. The van der Waals surface area contributed by atoms with Crippen molar-refractivity contribution in [1.82, 2.24) is 0 Å². The maximum Gasteiger partial charge on any atom is 1.00 e. The largest absolute Gasteiger partial charge is 1.00 e. The van der Waals surface area contributed by atoms with E-state index in [1.165, 1.54) is 0 Å². The topological polar surface area (TPSA) is 0 Å². The number of rotatable bonds is 0. The van der Waals surface area contributed by atoms with Crippen molar-refractivity contribution in [2.45, 2.75) is 0 Å². The summed E-state index contributed by atoms with van der Waals surface area (Å²) in [7, 11) is 0. The first-order chi connectivity index (χ1) is 0. The van der Waals surface area contributed by atoms with Gasteiger partial charge in [0.05, 0.1) is 0 Å². The van der Waals surface area contributed by atoms with E-state index in [0.717, 1.165) is 0 Å². The van der Waals surface area contributed by atoms with Crippen LogP contribution >= 0.6 is 0 Å². The summed E-state index contributed by atoms with van der Waals surface area (Å²) >= 11 is 0. The van der Waals surface area contributed by atoms with E-state index >= 15 is 0 Å². The second kappa shape index (κ2) is 15.8. The van der Waals surface area contributed by atoms with Gasteiger partial charge in [0.1, 0.15) is 0 Å². The fourth-order valence-electron chi connectivity index (χ4n) is 0. The van der Waals surface area contributed by atoms with Crippen LogP contribution in [-0.4, -0.2) is 0 Å². The third-order valence-corrected chi connectivity index (χ3v) is 0. The molecule has 0 rings (SSSR count). The third kappa shape index (κ3) is 9.38. The Kier molecular flexibility index (Phi) is 96.5. The van der Waals surface area contributed by atoms with Crippen molar-refractivity contribution < 1.29 is 130 Å². The van der Waals surface area contributed by atoms with Crippen molar-refractivity contribution in [3.63, 3.8) is 0 Å². The molecule has 0 aromatic heterocycles. The van der Waals surface area contributed by atoms with Gasteiger partial charge in [0, 0.05) is 0 Å². The molecule has 0 radical (unpaired) electrons. The Morgan fingerprint density at radius 1 is 0.750 bits per heavy atom. The van der Waals surface area contributed by atoms with Crippen LogP contribution in [0.1, 0.15) is 11.4 Å². The van der Waals surface area contributed by atoms with Gasteiger partial charge in [-0.05, 0) is 0 Å². The summed E-state index contributed by atoms with van der Waals surface area (Å²) in [5.74, 6) is 0. The van der Waals surface area contributed by atoms with Gasteiger partial charge in [0.15, 0.2) is 0 Å². The molecule has 8 valence electrons. The summed E-state index contributed by atoms with van der Waals surface area (Å²) in [4.78, 5) is 0. The maximum absolute atomic E-state index is 0. The minimum Gasteiger partial charge on any atom is -1.00 e. The SMILES string of the molecule is [H+].[H+].[H+].[H+].[H-].[H-].[H-].[H-].[Na+].[Na+].[Na+].[Na+]. The van der Waals surface area contributed by atoms with Gasteiger partial charge in [-0.15, -0.1) is 0 Å². The number of hydrogen-bond acceptors (Lipinski definition) is 0. The van der Waals surface area contributed by atoms with Crippen molar-refractivity contribution in [2.24, 2.45) is 0 Å². The van der Waals surface area contributed by atoms with Gasteiger partial charge >= 0.3 is 124 Å². The molecule has 4 heavy (non-hydrogen) atoms. The van der Waals surface area contributed by atoms with E-state index in [9.17, 15) is 0 Å². The minimum absolute atomic E-state index is 0. The number of hydrogen-bond donors (Lipinski definition) is 0. The molecule has 4 heteroatoms. The first-order valence-corrected chi connectivity index (χ1v) is 0. The van der Waals surface area contributed by atoms with Gasteiger partial charge in [-0.2, -0.15) is 0 Å². The fourth-order valence-corrected chi connectivity index (χ4v) is 0. The van der Waals surface area contributed by atoms with E-state index in [0.29, 0.717) is 0 Å². The van der Waals surface area contributed by atoms with Crippen molar-refractivity contribution in [2.75, 3.05) is 0 Å². The van der Waals surface area contributed by atoms with Gasteiger partial charge < -0.3 is 5.71 Å².